The Morgan fingerprint density at radius 1 is 1.47 bits per heavy atom. The number of rotatable bonds is 1. The second-order valence-corrected chi connectivity index (χ2v) is 4.74. The zero-order valence-corrected chi connectivity index (χ0v) is 10.5. The first-order valence-corrected chi connectivity index (χ1v) is 5.78. The molecule has 0 aromatic carbocycles. The fraction of sp³-hybridized carbons (Fsp3) is 0.400. The molecule has 0 radical (unpaired) electrons. The predicted molar refractivity (Wildman–Crippen MR) is 61.9 cm³/mol. The molecule has 1 aromatic heterocycles. The summed E-state index contributed by atoms with van der Waals surface area (Å²) in [6, 6.07) is 1.31. The van der Waals surface area contributed by atoms with Crippen LogP contribution in [0.25, 0.3) is 0 Å². The van der Waals surface area contributed by atoms with Gasteiger partial charge in [0.2, 0.25) is 5.91 Å². The highest BCUT2D eigenvalue weighted by Gasteiger charge is 2.33. The molecule has 2 amide bonds. The van der Waals surface area contributed by atoms with Gasteiger partial charge in [-0.2, -0.15) is 0 Å². The van der Waals surface area contributed by atoms with E-state index >= 15 is 0 Å². The van der Waals surface area contributed by atoms with Crippen LogP contribution in [0.1, 0.15) is 23.7 Å². The number of amides is 2. The molecule has 2 heterocycles. The van der Waals surface area contributed by atoms with Gasteiger partial charge in [0.1, 0.15) is 0 Å². The van der Waals surface area contributed by atoms with Crippen LogP contribution in [0.15, 0.2) is 6.07 Å². The molecule has 17 heavy (non-hydrogen) atoms. The van der Waals surface area contributed by atoms with Gasteiger partial charge < -0.3 is 0 Å². The van der Waals surface area contributed by atoms with E-state index in [1.165, 1.54) is 11.0 Å². The fourth-order valence-electron chi connectivity index (χ4n) is 1.73. The Bertz CT molecular complexity index is 492. The molecule has 1 fully saturated rings. The summed E-state index contributed by atoms with van der Waals surface area (Å²) in [5.74, 6) is -0.511. The van der Waals surface area contributed by atoms with Gasteiger partial charge in [0, 0.05) is 13.0 Å². The highest BCUT2D eigenvalue weighted by atomic mass is 35.5. The molecule has 1 aliphatic rings. The summed E-state index contributed by atoms with van der Waals surface area (Å²) in [6.07, 6.45) is 0.371. The van der Waals surface area contributed by atoms with Crippen molar-refractivity contribution in [3.63, 3.8) is 0 Å². The van der Waals surface area contributed by atoms with Gasteiger partial charge in [-0.25, -0.2) is 0 Å². The number of aromatic nitrogens is 2. The Labute approximate surface area is 108 Å². The Morgan fingerprint density at radius 2 is 2.18 bits per heavy atom. The van der Waals surface area contributed by atoms with Crippen molar-refractivity contribution in [1.29, 1.82) is 0 Å². The summed E-state index contributed by atoms with van der Waals surface area (Å²) in [5, 5.41) is 7.07. The SMILES string of the molecule is CC1CC(=O)N(C(=O)c2cc(Cl)nnc2Cl)C1. The maximum absolute atomic E-state index is 12.1. The molecule has 5 nitrogen and oxygen atoms in total. The molecule has 90 valence electrons. The number of halogens is 2. The van der Waals surface area contributed by atoms with E-state index in [1.54, 1.807) is 0 Å². The third kappa shape index (κ3) is 2.40. The molecule has 7 heteroatoms. The van der Waals surface area contributed by atoms with Gasteiger partial charge in [0.15, 0.2) is 10.3 Å². The van der Waals surface area contributed by atoms with Crippen LogP contribution in [0.4, 0.5) is 0 Å². The Morgan fingerprint density at radius 3 is 2.76 bits per heavy atom. The van der Waals surface area contributed by atoms with E-state index in [2.05, 4.69) is 10.2 Å². The van der Waals surface area contributed by atoms with Crippen LogP contribution in [0.3, 0.4) is 0 Å². The van der Waals surface area contributed by atoms with Gasteiger partial charge >= 0.3 is 0 Å². The third-order valence-corrected chi connectivity index (χ3v) is 2.98. The van der Waals surface area contributed by atoms with Crippen molar-refractivity contribution in [2.24, 2.45) is 5.92 Å². The molecule has 0 aliphatic carbocycles. The summed E-state index contributed by atoms with van der Waals surface area (Å²) in [4.78, 5) is 24.8. The van der Waals surface area contributed by atoms with Crippen molar-refractivity contribution in [2.45, 2.75) is 13.3 Å². The minimum atomic E-state index is -0.471. The second-order valence-electron chi connectivity index (χ2n) is 3.99. The molecule has 1 aliphatic heterocycles. The summed E-state index contributed by atoms with van der Waals surface area (Å²) >= 11 is 11.4. The molecule has 2 rings (SSSR count). The highest BCUT2D eigenvalue weighted by molar-refractivity contribution is 6.34. The van der Waals surface area contributed by atoms with Crippen molar-refractivity contribution in [3.05, 3.63) is 21.9 Å². The van der Waals surface area contributed by atoms with Gasteiger partial charge in [-0.15, -0.1) is 10.2 Å². The average Bonchev–Trinajstić information content (AvgIpc) is 2.60. The molecular formula is C10H9Cl2N3O2. The maximum Gasteiger partial charge on any atom is 0.263 e. The van der Waals surface area contributed by atoms with Gasteiger partial charge in [-0.1, -0.05) is 30.1 Å². The lowest BCUT2D eigenvalue weighted by Gasteiger charge is -2.14. The van der Waals surface area contributed by atoms with Gasteiger partial charge in [0.05, 0.1) is 5.56 Å². The zero-order chi connectivity index (χ0) is 12.6. The molecule has 1 atom stereocenters. The minimum Gasteiger partial charge on any atom is -0.278 e. The van der Waals surface area contributed by atoms with Gasteiger partial charge in [-0.3, -0.25) is 14.5 Å². The Kier molecular flexibility index (Phi) is 3.31. The molecule has 0 saturated carbocycles. The number of carbonyl (C=O) groups excluding carboxylic acids is 2. The number of imide groups is 1. The molecular weight excluding hydrogens is 265 g/mol. The molecule has 1 unspecified atom stereocenters. The number of likely N-dealkylation sites (tertiary alicyclic amines) is 1. The van der Waals surface area contributed by atoms with E-state index in [9.17, 15) is 9.59 Å². The first kappa shape index (κ1) is 12.3. The average molecular weight is 274 g/mol. The topological polar surface area (TPSA) is 63.2 Å². The van der Waals surface area contributed by atoms with E-state index in [1.807, 2.05) is 6.92 Å². The van der Waals surface area contributed by atoms with Crippen LogP contribution in [-0.2, 0) is 4.79 Å². The summed E-state index contributed by atoms with van der Waals surface area (Å²) in [5.41, 5.74) is 0.106. The summed E-state index contributed by atoms with van der Waals surface area (Å²) in [7, 11) is 0. The Hall–Kier alpha value is -1.20. The first-order valence-electron chi connectivity index (χ1n) is 5.02. The number of carbonyl (C=O) groups is 2. The van der Waals surface area contributed by atoms with Crippen LogP contribution in [0, 0.1) is 5.92 Å². The van der Waals surface area contributed by atoms with Crippen molar-refractivity contribution < 1.29 is 9.59 Å². The quantitative estimate of drug-likeness (QED) is 0.732. The van der Waals surface area contributed by atoms with E-state index < -0.39 is 5.91 Å². The smallest absolute Gasteiger partial charge is 0.263 e. The van der Waals surface area contributed by atoms with E-state index in [4.69, 9.17) is 23.2 Å². The monoisotopic (exact) mass is 273 g/mol. The van der Waals surface area contributed by atoms with Crippen LogP contribution < -0.4 is 0 Å². The molecule has 1 aromatic rings. The summed E-state index contributed by atoms with van der Waals surface area (Å²) in [6.45, 7) is 2.30. The lowest BCUT2D eigenvalue weighted by Crippen LogP contribution is -2.32. The van der Waals surface area contributed by atoms with E-state index in [-0.39, 0.29) is 27.7 Å². The molecule has 0 spiro atoms. The normalized spacial score (nSPS) is 19.8. The van der Waals surface area contributed by atoms with Crippen LogP contribution >= 0.6 is 23.2 Å². The molecule has 0 N–H and O–H groups in total. The number of hydrogen-bond acceptors (Lipinski definition) is 4. The van der Waals surface area contributed by atoms with Crippen molar-refractivity contribution in [1.82, 2.24) is 15.1 Å². The lowest BCUT2D eigenvalue weighted by atomic mass is 10.2. The summed E-state index contributed by atoms with van der Waals surface area (Å²) < 4.78 is 0. The highest BCUT2D eigenvalue weighted by Crippen LogP contribution is 2.23. The van der Waals surface area contributed by atoms with Gasteiger partial charge in [0.25, 0.3) is 5.91 Å². The van der Waals surface area contributed by atoms with Gasteiger partial charge in [-0.05, 0) is 12.0 Å². The van der Waals surface area contributed by atoms with Crippen molar-refractivity contribution in [2.75, 3.05) is 6.54 Å². The minimum absolute atomic E-state index is 0.0493. The first-order chi connectivity index (χ1) is 7.99. The number of hydrogen-bond donors (Lipinski definition) is 0. The van der Waals surface area contributed by atoms with Crippen LogP contribution in [-0.4, -0.2) is 33.5 Å². The Balaban J connectivity index is 2.31. The van der Waals surface area contributed by atoms with Crippen molar-refractivity contribution >= 4 is 35.0 Å². The van der Waals surface area contributed by atoms with Crippen LogP contribution in [0.5, 0.6) is 0 Å². The fourth-order valence-corrected chi connectivity index (χ4v) is 2.05. The predicted octanol–water partition coefficient (Wildman–Crippen LogP) is 1.79. The molecule has 1 saturated heterocycles. The maximum atomic E-state index is 12.1. The van der Waals surface area contributed by atoms with E-state index in [0.717, 1.165) is 0 Å². The lowest BCUT2D eigenvalue weighted by molar-refractivity contribution is -0.125. The zero-order valence-electron chi connectivity index (χ0n) is 8.98. The molecule has 0 bridgehead atoms. The third-order valence-electron chi connectivity index (χ3n) is 2.51. The number of nitrogens with zero attached hydrogens (tertiary/aromatic N) is 3. The van der Waals surface area contributed by atoms with Crippen molar-refractivity contribution in [3.8, 4) is 0 Å². The second kappa shape index (κ2) is 4.58. The largest absolute Gasteiger partial charge is 0.278 e. The van der Waals surface area contributed by atoms with E-state index in [0.29, 0.717) is 13.0 Å². The standard InChI is InChI=1S/C10H9Cl2N3O2/c1-5-2-8(16)15(4-5)10(17)6-3-7(11)13-14-9(6)12/h3,5H,2,4H2,1H3. The van der Waals surface area contributed by atoms with Crippen LogP contribution in [0.2, 0.25) is 10.3 Å².